The van der Waals surface area contributed by atoms with E-state index in [1.807, 2.05) is 45.5 Å². The largest absolute Gasteiger partial charge is 0.337 e. The monoisotopic (exact) mass is 362 g/mol. The number of nitrogens with one attached hydrogen (secondary N) is 1. The summed E-state index contributed by atoms with van der Waals surface area (Å²) in [5, 5.41) is 3.30. The first-order chi connectivity index (χ1) is 11.7. The van der Waals surface area contributed by atoms with E-state index in [1.165, 1.54) is 0 Å². The molecule has 1 aromatic carbocycles. The molecule has 1 fully saturated rings. The average Bonchev–Trinajstić information content (AvgIpc) is 2.99. The van der Waals surface area contributed by atoms with Crippen molar-refractivity contribution in [2.75, 3.05) is 19.6 Å². The molecule has 136 valence electrons. The third kappa shape index (κ3) is 3.01. The molecule has 1 saturated heterocycles. The number of rotatable bonds is 3. The van der Waals surface area contributed by atoms with Crippen molar-refractivity contribution in [3.05, 3.63) is 46.5 Å². The Hall–Kier alpha value is -1.70. The average molecular weight is 362 g/mol. The van der Waals surface area contributed by atoms with E-state index in [4.69, 9.17) is 0 Å². The SMILES string of the molecule is Cc1cc(C)c(C)c(S(=O)(=O)N2CCNCC2c2nccn2C)c1C. The van der Waals surface area contributed by atoms with Gasteiger partial charge in [-0.15, -0.1) is 0 Å². The number of piperazine rings is 1. The normalized spacial score (nSPS) is 19.3. The summed E-state index contributed by atoms with van der Waals surface area (Å²) in [7, 11) is -1.72. The Morgan fingerprint density at radius 1 is 1.16 bits per heavy atom. The summed E-state index contributed by atoms with van der Waals surface area (Å²) in [4.78, 5) is 4.84. The number of hydrogen-bond donors (Lipinski definition) is 1. The highest BCUT2D eigenvalue weighted by Gasteiger charge is 2.38. The molecule has 1 aliphatic rings. The Labute approximate surface area is 149 Å². The fourth-order valence-corrected chi connectivity index (χ4v) is 5.74. The molecule has 1 atom stereocenters. The van der Waals surface area contributed by atoms with E-state index in [1.54, 1.807) is 10.5 Å². The molecular formula is C18H26N4O2S. The summed E-state index contributed by atoms with van der Waals surface area (Å²) in [6.45, 7) is 9.37. The minimum atomic E-state index is -3.62. The number of benzene rings is 1. The van der Waals surface area contributed by atoms with Gasteiger partial charge >= 0.3 is 0 Å². The zero-order valence-electron chi connectivity index (χ0n) is 15.5. The molecule has 0 aliphatic carbocycles. The van der Waals surface area contributed by atoms with Gasteiger partial charge in [-0.1, -0.05) is 6.07 Å². The van der Waals surface area contributed by atoms with Crippen LogP contribution in [0.3, 0.4) is 0 Å². The minimum Gasteiger partial charge on any atom is -0.337 e. The van der Waals surface area contributed by atoms with E-state index in [0.29, 0.717) is 24.5 Å². The van der Waals surface area contributed by atoms with E-state index in [9.17, 15) is 8.42 Å². The molecule has 1 aromatic heterocycles. The standard InChI is InChI=1S/C18H26N4O2S/c1-12-10-13(2)15(4)17(14(12)3)25(23,24)22-9-6-19-11-16(22)18-20-7-8-21(18)5/h7-8,10,16,19H,6,9,11H2,1-5H3. The third-order valence-corrected chi connectivity index (χ3v) is 7.40. The topological polar surface area (TPSA) is 67.2 Å². The molecule has 0 spiro atoms. The second kappa shape index (κ2) is 6.55. The number of hydrogen-bond acceptors (Lipinski definition) is 4. The van der Waals surface area contributed by atoms with Gasteiger partial charge in [0.05, 0.1) is 10.9 Å². The van der Waals surface area contributed by atoms with Crippen molar-refractivity contribution in [1.29, 1.82) is 0 Å². The molecule has 1 aliphatic heterocycles. The van der Waals surface area contributed by atoms with Crippen LogP contribution in [0.25, 0.3) is 0 Å². The van der Waals surface area contributed by atoms with Gasteiger partial charge in [0.1, 0.15) is 5.82 Å². The van der Waals surface area contributed by atoms with Crippen LogP contribution >= 0.6 is 0 Å². The van der Waals surface area contributed by atoms with Gasteiger partial charge in [-0.25, -0.2) is 13.4 Å². The molecule has 7 heteroatoms. The van der Waals surface area contributed by atoms with Crippen LogP contribution in [-0.2, 0) is 17.1 Å². The molecule has 1 N–H and O–H groups in total. The molecule has 2 heterocycles. The van der Waals surface area contributed by atoms with Crippen molar-refractivity contribution in [1.82, 2.24) is 19.2 Å². The van der Waals surface area contributed by atoms with E-state index >= 15 is 0 Å². The molecular weight excluding hydrogens is 336 g/mol. The minimum absolute atomic E-state index is 0.307. The lowest BCUT2D eigenvalue weighted by Gasteiger charge is -2.35. The lowest BCUT2D eigenvalue weighted by atomic mass is 10.0. The van der Waals surface area contributed by atoms with Crippen molar-refractivity contribution < 1.29 is 8.42 Å². The molecule has 6 nitrogen and oxygen atoms in total. The van der Waals surface area contributed by atoms with E-state index in [2.05, 4.69) is 16.4 Å². The van der Waals surface area contributed by atoms with Crippen molar-refractivity contribution in [2.45, 2.75) is 38.6 Å². The summed E-state index contributed by atoms with van der Waals surface area (Å²) in [5.41, 5.74) is 3.68. The van der Waals surface area contributed by atoms with Crippen LogP contribution in [0.4, 0.5) is 0 Å². The van der Waals surface area contributed by atoms with Gasteiger partial charge in [-0.3, -0.25) is 0 Å². The Morgan fingerprint density at radius 3 is 2.36 bits per heavy atom. The maximum absolute atomic E-state index is 13.6. The smallest absolute Gasteiger partial charge is 0.244 e. The van der Waals surface area contributed by atoms with Crippen molar-refractivity contribution in [2.24, 2.45) is 7.05 Å². The summed E-state index contributed by atoms with van der Waals surface area (Å²) in [6.07, 6.45) is 3.56. The Bertz CT molecular complexity index is 876. The number of aromatic nitrogens is 2. The first kappa shape index (κ1) is 18.1. The summed E-state index contributed by atoms with van der Waals surface area (Å²) >= 11 is 0. The van der Waals surface area contributed by atoms with Crippen LogP contribution in [0.2, 0.25) is 0 Å². The van der Waals surface area contributed by atoms with Gasteiger partial charge in [0.15, 0.2) is 0 Å². The molecule has 0 amide bonds. The zero-order chi connectivity index (χ0) is 18.4. The van der Waals surface area contributed by atoms with Crippen LogP contribution in [0.1, 0.15) is 34.1 Å². The number of imidazole rings is 1. The summed E-state index contributed by atoms with van der Waals surface area (Å²) < 4.78 is 30.7. The van der Waals surface area contributed by atoms with Gasteiger partial charge in [-0.05, 0) is 49.9 Å². The van der Waals surface area contributed by atoms with Gasteiger partial charge in [0, 0.05) is 39.1 Å². The second-order valence-electron chi connectivity index (χ2n) is 6.82. The summed E-state index contributed by atoms with van der Waals surface area (Å²) in [6, 6.07) is 1.75. The van der Waals surface area contributed by atoms with Crippen LogP contribution in [0.5, 0.6) is 0 Å². The Morgan fingerprint density at radius 2 is 1.80 bits per heavy atom. The van der Waals surface area contributed by atoms with E-state index in [-0.39, 0.29) is 6.04 Å². The van der Waals surface area contributed by atoms with E-state index in [0.717, 1.165) is 28.1 Å². The quantitative estimate of drug-likeness (QED) is 0.907. The molecule has 25 heavy (non-hydrogen) atoms. The third-order valence-electron chi connectivity index (χ3n) is 5.21. The molecule has 1 unspecified atom stereocenters. The van der Waals surface area contributed by atoms with Crippen molar-refractivity contribution >= 4 is 10.0 Å². The lowest BCUT2D eigenvalue weighted by Crippen LogP contribution is -2.49. The highest BCUT2D eigenvalue weighted by Crippen LogP contribution is 2.33. The fraction of sp³-hybridized carbons (Fsp3) is 0.500. The molecule has 0 radical (unpaired) electrons. The lowest BCUT2D eigenvalue weighted by molar-refractivity contribution is 0.258. The fourth-order valence-electron chi connectivity index (χ4n) is 3.58. The number of aryl methyl sites for hydroxylation is 3. The van der Waals surface area contributed by atoms with Gasteiger partial charge in [-0.2, -0.15) is 4.31 Å². The van der Waals surface area contributed by atoms with Crippen molar-refractivity contribution in [3.8, 4) is 0 Å². The Kier molecular flexibility index (Phi) is 4.74. The predicted molar refractivity (Wildman–Crippen MR) is 98.1 cm³/mol. The first-order valence-electron chi connectivity index (χ1n) is 8.52. The highest BCUT2D eigenvalue weighted by molar-refractivity contribution is 7.89. The first-order valence-corrected chi connectivity index (χ1v) is 9.96. The number of nitrogens with zero attached hydrogens (tertiary/aromatic N) is 3. The zero-order valence-corrected chi connectivity index (χ0v) is 16.3. The molecule has 0 saturated carbocycles. The van der Waals surface area contributed by atoms with Gasteiger partial charge in [0.25, 0.3) is 0 Å². The maximum Gasteiger partial charge on any atom is 0.244 e. The second-order valence-corrected chi connectivity index (χ2v) is 8.65. The van der Waals surface area contributed by atoms with Crippen LogP contribution < -0.4 is 5.32 Å². The Balaban J connectivity index is 2.15. The van der Waals surface area contributed by atoms with Crippen molar-refractivity contribution in [3.63, 3.8) is 0 Å². The molecule has 0 bridgehead atoms. The van der Waals surface area contributed by atoms with Crippen LogP contribution in [0.15, 0.2) is 23.4 Å². The molecule has 2 aromatic rings. The number of sulfonamides is 1. The van der Waals surface area contributed by atoms with Crippen LogP contribution in [0, 0.1) is 27.7 Å². The predicted octanol–water partition coefficient (Wildman–Crippen LogP) is 1.99. The van der Waals surface area contributed by atoms with Gasteiger partial charge < -0.3 is 9.88 Å². The summed E-state index contributed by atoms with van der Waals surface area (Å²) in [5.74, 6) is 0.760. The van der Waals surface area contributed by atoms with Crippen LogP contribution in [-0.4, -0.2) is 41.9 Å². The van der Waals surface area contributed by atoms with Gasteiger partial charge in [0.2, 0.25) is 10.0 Å². The maximum atomic E-state index is 13.6. The molecule has 3 rings (SSSR count). The highest BCUT2D eigenvalue weighted by atomic mass is 32.2. The van der Waals surface area contributed by atoms with E-state index < -0.39 is 10.0 Å².